The third-order valence-corrected chi connectivity index (χ3v) is 7.46. The molecule has 0 radical (unpaired) electrons. The van der Waals surface area contributed by atoms with Crippen molar-refractivity contribution >= 4 is 16.8 Å². The van der Waals surface area contributed by atoms with E-state index >= 15 is 0 Å². The average Bonchev–Trinajstić information content (AvgIpc) is 3.38. The number of carbonyl (C=O) groups excluding carboxylic acids is 1. The third-order valence-electron chi connectivity index (χ3n) is 7.46. The Balaban J connectivity index is 1.23. The molecule has 5 heteroatoms. The molecule has 0 saturated heterocycles. The van der Waals surface area contributed by atoms with E-state index in [0.29, 0.717) is 34.9 Å². The highest BCUT2D eigenvalue weighted by molar-refractivity contribution is 5.92. The fraction of sp³-hybridized carbons (Fsp3) is 0.370. The number of amides is 1. The summed E-state index contributed by atoms with van der Waals surface area (Å²) in [6.07, 6.45) is 13.2. The fourth-order valence-corrected chi connectivity index (χ4v) is 5.83. The van der Waals surface area contributed by atoms with E-state index in [1.165, 1.54) is 11.6 Å². The van der Waals surface area contributed by atoms with Crippen LogP contribution in [0.4, 0.5) is 4.39 Å². The summed E-state index contributed by atoms with van der Waals surface area (Å²) >= 11 is 0. The van der Waals surface area contributed by atoms with Gasteiger partial charge in [-0.25, -0.2) is 9.37 Å². The predicted molar refractivity (Wildman–Crippen MR) is 122 cm³/mol. The highest BCUT2D eigenvalue weighted by Gasteiger charge is 2.44. The van der Waals surface area contributed by atoms with Gasteiger partial charge < -0.3 is 5.32 Å². The third kappa shape index (κ3) is 3.86. The number of benzene rings is 1. The number of terminal acetylenes is 1. The largest absolute Gasteiger partial charge is 0.348 e. The Labute approximate surface area is 187 Å². The van der Waals surface area contributed by atoms with Crippen molar-refractivity contribution in [3.05, 3.63) is 71.4 Å². The van der Waals surface area contributed by atoms with Crippen LogP contribution < -0.4 is 5.32 Å². The second-order valence-corrected chi connectivity index (χ2v) is 9.32. The Kier molecular flexibility index (Phi) is 5.38. The number of halogens is 1. The number of rotatable bonds is 4. The van der Waals surface area contributed by atoms with Gasteiger partial charge in [0.25, 0.3) is 5.91 Å². The van der Waals surface area contributed by atoms with E-state index in [2.05, 4.69) is 34.2 Å². The molecule has 3 unspecified atom stereocenters. The summed E-state index contributed by atoms with van der Waals surface area (Å²) in [7, 11) is 0. The minimum atomic E-state index is -0.210. The van der Waals surface area contributed by atoms with Crippen LogP contribution in [0.1, 0.15) is 60.1 Å². The molecule has 2 fully saturated rings. The molecule has 2 aromatic heterocycles. The van der Waals surface area contributed by atoms with Crippen LogP contribution >= 0.6 is 0 Å². The Bertz CT molecular complexity index is 1190. The molecule has 0 aliphatic heterocycles. The van der Waals surface area contributed by atoms with Crippen molar-refractivity contribution in [3.8, 4) is 12.3 Å². The Morgan fingerprint density at radius 1 is 1.12 bits per heavy atom. The van der Waals surface area contributed by atoms with Gasteiger partial charge in [0, 0.05) is 29.4 Å². The van der Waals surface area contributed by atoms with Crippen LogP contribution in [0.5, 0.6) is 0 Å². The first-order valence-electron chi connectivity index (χ1n) is 11.3. The molecule has 3 aromatic rings. The van der Waals surface area contributed by atoms with Gasteiger partial charge in [0.1, 0.15) is 11.5 Å². The number of fused-ring (bicyclic) bond motifs is 2. The second-order valence-electron chi connectivity index (χ2n) is 9.32. The maximum atomic E-state index is 13.9. The monoisotopic (exact) mass is 427 g/mol. The Morgan fingerprint density at radius 3 is 2.59 bits per heavy atom. The number of nitrogens with one attached hydrogen (secondary N) is 1. The Hall–Kier alpha value is -3.26. The van der Waals surface area contributed by atoms with Crippen molar-refractivity contribution in [2.75, 3.05) is 0 Å². The molecule has 0 spiro atoms. The number of pyridine rings is 2. The van der Waals surface area contributed by atoms with Crippen LogP contribution in [-0.4, -0.2) is 21.9 Å². The maximum Gasteiger partial charge on any atom is 0.270 e. The zero-order valence-corrected chi connectivity index (χ0v) is 18.1. The molecule has 162 valence electrons. The quantitative estimate of drug-likeness (QED) is 0.590. The average molecular weight is 428 g/mol. The number of carbonyl (C=O) groups is 1. The normalized spacial score (nSPS) is 25.3. The molecular formula is C27H26FN3O. The first-order valence-corrected chi connectivity index (χ1v) is 11.3. The number of aromatic nitrogens is 2. The van der Waals surface area contributed by atoms with E-state index in [1.807, 2.05) is 6.20 Å². The smallest absolute Gasteiger partial charge is 0.270 e. The molecule has 2 heterocycles. The maximum absolute atomic E-state index is 13.9. The number of hydrogen-bond acceptors (Lipinski definition) is 3. The first kappa shape index (κ1) is 20.6. The summed E-state index contributed by atoms with van der Waals surface area (Å²) in [5.74, 6) is 4.36. The number of nitrogens with zero attached hydrogens (tertiary/aromatic N) is 2. The van der Waals surface area contributed by atoms with E-state index in [4.69, 9.17) is 6.42 Å². The van der Waals surface area contributed by atoms with Crippen LogP contribution in [-0.2, 0) is 0 Å². The highest BCUT2D eigenvalue weighted by atomic mass is 19.1. The molecule has 0 bridgehead atoms. The van der Waals surface area contributed by atoms with Crippen LogP contribution in [0.2, 0.25) is 0 Å². The van der Waals surface area contributed by atoms with Gasteiger partial charge in [-0.1, -0.05) is 5.92 Å². The molecular weight excluding hydrogens is 401 g/mol. The van der Waals surface area contributed by atoms with Crippen molar-refractivity contribution in [3.63, 3.8) is 0 Å². The molecule has 5 atom stereocenters. The number of hydrogen-bond donors (Lipinski definition) is 1. The summed E-state index contributed by atoms with van der Waals surface area (Å²) in [6.45, 7) is 2.09. The van der Waals surface area contributed by atoms with E-state index in [0.717, 1.165) is 36.6 Å². The summed E-state index contributed by atoms with van der Waals surface area (Å²) in [5, 5.41) is 4.08. The molecule has 4 nitrogen and oxygen atoms in total. The molecule has 2 aliphatic rings. The minimum Gasteiger partial charge on any atom is -0.348 e. The van der Waals surface area contributed by atoms with Crippen LogP contribution in [0.25, 0.3) is 10.9 Å². The van der Waals surface area contributed by atoms with Crippen LogP contribution in [0, 0.1) is 35.9 Å². The van der Waals surface area contributed by atoms with E-state index in [-0.39, 0.29) is 17.8 Å². The predicted octanol–water partition coefficient (Wildman–Crippen LogP) is 5.09. The van der Waals surface area contributed by atoms with Gasteiger partial charge in [0.05, 0.1) is 5.52 Å². The van der Waals surface area contributed by atoms with Gasteiger partial charge in [-0.15, -0.1) is 6.42 Å². The lowest BCUT2D eigenvalue weighted by molar-refractivity contribution is 0.0920. The molecule has 1 N–H and O–H groups in total. The zero-order chi connectivity index (χ0) is 22.2. The van der Waals surface area contributed by atoms with Crippen molar-refractivity contribution in [1.82, 2.24) is 15.3 Å². The lowest BCUT2D eigenvalue weighted by Crippen LogP contribution is -2.37. The van der Waals surface area contributed by atoms with Crippen molar-refractivity contribution < 1.29 is 9.18 Å². The SMILES string of the molecule is C#Cc1ccc(C(=O)NC(C)C2C[C@H]3CC(c4ccnc5ccc(F)cc45)C[C@H]3C2)nc1. The summed E-state index contributed by atoms with van der Waals surface area (Å²) in [5.41, 5.74) is 3.14. The lowest BCUT2D eigenvalue weighted by atomic mass is 9.88. The molecule has 1 aromatic carbocycles. The van der Waals surface area contributed by atoms with Crippen molar-refractivity contribution in [1.29, 1.82) is 0 Å². The van der Waals surface area contributed by atoms with E-state index in [1.54, 1.807) is 30.5 Å². The summed E-state index contributed by atoms with van der Waals surface area (Å²) in [6, 6.07) is 10.4. The summed E-state index contributed by atoms with van der Waals surface area (Å²) < 4.78 is 13.9. The van der Waals surface area contributed by atoms with E-state index < -0.39 is 0 Å². The van der Waals surface area contributed by atoms with Gasteiger partial charge in [-0.05, 0) is 98.2 Å². The standard InChI is InChI=1S/C27H26FN3O/c1-3-17-4-6-26(30-15-17)27(32)31-16(2)18-10-19-12-21(13-20(19)11-18)23-8-9-29-25-7-5-22(28)14-24(23)25/h1,4-9,14-16,18-21H,10-13H2,2H3,(H,31,32)/t16?,18?,19-,20+,21?. The first-order chi connectivity index (χ1) is 15.5. The molecule has 2 saturated carbocycles. The van der Waals surface area contributed by atoms with Crippen LogP contribution in [0.15, 0.2) is 48.8 Å². The Morgan fingerprint density at radius 2 is 1.91 bits per heavy atom. The summed E-state index contributed by atoms with van der Waals surface area (Å²) in [4.78, 5) is 21.2. The highest BCUT2D eigenvalue weighted by Crippen LogP contribution is 2.53. The second kappa shape index (κ2) is 8.35. The van der Waals surface area contributed by atoms with E-state index in [9.17, 15) is 9.18 Å². The van der Waals surface area contributed by atoms with Gasteiger partial charge in [-0.3, -0.25) is 9.78 Å². The van der Waals surface area contributed by atoms with Gasteiger partial charge in [-0.2, -0.15) is 0 Å². The lowest BCUT2D eigenvalue weighted by Gasteiger charge is -2.23. The molecule has 32 heavy (non-hydrogen) atoms. The molecule has 5 rings (SSSR count). The van der Waals surface area contributed by atoms with Crippen molar-refractivity contribution in [2.45, 2.75) is 44.6 Å². The molecule has 2 aliphatic carbocycles. The fourth-order valence-electron chi connectivity index (χ4n) is 5.83. The molecule has 1 amide bonds. The minimum absolute atomic E-state index is 0.0940. The van der Waals surface area contributed by atoms with Crippen molar-refractivity contribution in [2.24, 2.45) is 17.8 Å². The van der Waals surface area contributed by atoms with Crippen LogP contribution in [0.3, 0.4) is 0 Å². The van der Waals surface area contributed by atoms with Gasteiger partial charge in [0.2, 0.25) is 0 Å². The van der Waals surface area contributed by atoms with Gasteiger partial charge in [0.15, 0.2) is 0 Å². The zero-order valence-electron chi connectivity index (χ0n) is 18.1. The van der Waals surface area contributed by atoms with Gasteiger partial charge >= 0.3 is 0 Å². The topological polar surface area (TPSA) is 54.9 Å².